The molecule has 3 aromatic heterocycles. The third kappa shape index (κ3) is 2.66. The molecule has 24 heavy (non-hydrogen) atoms. The first kappa shape index (κ1) is 15.9. The molecule has 1 amide bonds. The zero-order valence-electron chi connectivity index (χ0n) is 13.7. The largest absolute Gasteiger partial charge is 0.342 e. The Hall–Kier alpha value is -3.03. The molecule has 0 radical (unpaired) electrons. The van der Waals surface area contributed by atoms with Gasteiger partial charge in [0.25, 0.3) is 11.5 Å². The first-order valence-corrected chi connectivity index (χ1v) is 7.69. The summed E-state index contributed by atoms with van der Waals surface area (Å²) < 4.78 is 3.12. The summed E-state index contributed by atoms with van der Waals surface area (Å²) in [5, 5.41) is 6.86. The van der Waals surface area contributed by atoms with E-state index in [2.05, 4.69) is 20.4 Å². The van der Waals surface area contributed by atoms with Gasteiger partial charge in [0.15, 0.2) is 0 Å². The topological polar surface area (TPSA) is 94.2 Å². The van der Waals surface area contributed by atoms with E-state index in [0.29, 0.717) is 18.0 Å². The number of amides is 1. The minimum absolute atomic E-state index is 0.00351. The summed E-state index contributed by atoms with van der Waals surface area (Å²) >= 11 is 0. The number of aryl methyl sites for hydroxylation is 2. The van der Waals surface area contributed by atoms with Crippen molar-refractivity contribution >= 4 is 11.6 Å². The number of nitrogens with zero attached hydrogens (tertiary/aromatic N) is 5. The van der Waals surface area contributed by atoms with Crippen molar-refractivity contribution in [1.82, 2.24) is 29.5 Å². The van der Waals surface area contributed by atoms with E-state index in [1.54, 1.807) is 30.7 Å². The molecule has 0 saturated heterocycles. The monoisotopic (exact) mass is 326 g/mol. The van der Waals surface area contributed by atoms with Gasteiger partial charge in [0.05, 0.1) is 6.04 Å². The molecule has 0 aliphatic rings. The van der Waals surface area contributed by atoms with Gasteiger partial charge in [-0.3, -0.25) is 14.0 Å². The number of hydrogen-bond donors (Lipinski definition) is 1. The number of rotatable bonds is 4. The fourth-order valence-electron chi connectivity index (χ4n) is 2.62. The SMILES string of the molecule is CCn1ncnc1[C@@H](C)NC(=O)c1cnc2cccc(C)n2c1=O. The lowest BCUT2D eigenvalue weighted by molar-refractivity contribution is 0.0935. The highest BCUT2D eigenvalue weighted by Gasteiger charge is 2.19. The normalized spacial score (nSPS) is 12.3. The van der Waals surface area contributed by atoms with E-state index >= 15 is 0 Å². The summed E-state index contributed by atoms with van der Waals surface area (Å²) in [5.74, 6) is 0.152. The average Bonchev–Trinajstić information content (AvgIpc) is 3.03. The van der Waals surface area contributed by atoms with Crippen LogP contribution < -0.4 is 10.9 Å². The van der Waals surface area contributed by atoms with Gasteiger partial charge in [-0.05, 0) is 32.9 Å². The second-order valence-corrected chi connectivity index (χ2v) is 5.47. The molecular formula is C16H18N6O2. The summed E-state index contributed by atoms with van der Waals surface area (Å²) in [7, 11) is 0. The third-order valence-electron chi connectivity index (χ3n) is 3.85. The number of carbonyl (C=O) groups is 1. The Bertz CT molecular complexity index is 959. The van der Waals surface area contributed by atoms with Gasteiger partial charge in [0.1, 0.15) is 23.4 Å². The number of carbonyl (C=O) groups excluding carboxylic acids is 1. The van der Waals surface area contributed by atoms with E-state index in [9.17, 15) is 9.59 Å². The van der Waals surface area contributed by atoms with E-state index in [0.717, 1.165) is 5.69 Å². The third-order valence-corrected chi connectivity index (χ3v) is 3.85. The number of pyridine rings is 1. The van der Waals surface area contributed by atoms with Crippen LogP contribution in [0.1, 0.15) is 41.8 Å². The zero-order chi connectivity index (χ0) is 17.3. The van der Waals surface area contributed by atoms with Crippen LogP contribution in [0.3, 0.4) is 0 Å². The van der Waals surface area contributed by atoms with Crippen molar-refractivity contribution in [3.8, 4) is 0 Å². The minimum Gasteiger partial charge on any atom is -0.342 e. The highest BCUT2D eigenvalue weighted by atomic mass is 16.2. The lowest BCUT2D eigenvalue weighted by atomic mass is 10.2. The average molecular weight is 326 g/mol. The standard InChI is InChI=1S/C16H18N6O2/c1-4-21-14(18-9-19-21)11(3)20-15(23)12-8-17-13-7-5-6-10(2)22(13)16(12)24/h5-9,11H,4H2,1-3H3,(H,20,23)/t11-/m1/s1. The molecule has 124 valence electrons. The van der Waals surface area contributed by atoms with Crippen LogP contribution in [0.25, 0.3) is 5.65 Å². The molecule has 1 atom stereocenters. The predicted octanol–water partition coefficient (Wildman–Crippen LogP) is 1.11. The van der Waals surface area contributed by atoms with Crippen molar-refractivity contribution in [1.29, 1.82) is 0 Å². The molecule has 0 unspecified atom stereocenters. The Morgan fingerprint density at radius 1 is 1.33 bits per heavy atom. The molecule has 8 nitrogen and oxygen atoms in total. The fourth-order valence-corrected chi connectivity index (χ4v) is 2.62. The first-order chi connectivity index (χ1) is 11.5. The molecule has 0 saturated carbocycles. The lowest BCUT2D eigenvalue weighted by Crippen LogP contribution is -2.34. The Morgan fingerprint density at radius 3 is 2.88 bits per heavy atom. The van der Waals surface area contributed by atoms with Crippen LogP contribution in [0, 0.1) is 6.92 Å². The molecule has 0 aliphatic heterocycles. The smallest absolute Gasteiger partial charge is 0.270 e. The number of fused-ring (bicyclic) bond motifs is 1. The van der Waals surface area contributed by atoms with Gasteiger partial charge < -0.3 is 5.32 Å². The van der Waals surface area contributed by atoms with Crippen molar-refractivity contribution in [2.75, 3.05) is 0 Å². The summed E-state index contributed by atoms with van der Waals surface area (Å²) in [6, 6.07) is 4.96. The maximum Gasteiger partial charge on any atom is 0.270 e. The Labute approximate surface area is 138 Å². The molecule has 1 N–H and O–H groups in total. The van der Waals surface area contributed by atoms with E-state index in [1.165, 1.54) is 16.9 Å². The summed E-state index contributed by atoms with van der Waals surface area (Å²) in [6.07, 6.45) is 2.75. The molecule has 0 fully saturated rings. The van der Waals surface area contributed by atoms with Crippen LogP contribution in [0.4, 0.5) is 0 Å². The van der Waals surface area contributed by atoms with Crippen molar-refractivity contribution in [2.45, 2.75) is 33.4 Å². The van der Waals surface area contributed by atoms with E-state index in [4.69, 9.17) is 0 Å². The second kappa shape index (κ2) is 6.23. The van der Waals surface area contributed by atoms with Crippen molar-refractivity contribution in [3.63, 3.8) is 0 Å². The van der Waals surface area contributed by atoms with Crippen molar-refractivity contribution in [2.24, 2.45) is 0 Å². The molecule has 0 aliphatic carbocycles. The second-order valence-electron chi connectivity index (χ2n) is 5.47. The predicted molar refractivity (Wildman–Crippen MR) is 87.8 cm³/mol. The Balaban J connectivity index is 1.93. The van der Waals surface area contributed by atoms with Crippen LogP contribution >= 0.6 is 0 Å². The molecule has 3 heterocycles. The van der Waals surface area contributed by atoms with Gasteiger partial charge in [-0.25, -0.2) is 14.6 Å². The first-order valence-electron chi connectivity index (χ1n) is 7.69. The van der Waals surface area contributed by atoms with Crippen molar-refractivity contribution in [3.05, 3.63) is 58.2 Å². The van der Waals surface area contributed by atoms with E-state index < -0.39 is 5.91 Å². The maximum absolute atomic E-state index is 12.6. The van der Waals surface area contributed by atoms with Gasteiger partial charge >= 0.3 is 0 Å². The van der Waals surface area contributed by atoms with Gasteiger partial charge in [-0.2, -0.15) is 5.10 Å². The van der Waals surface area contributed by atoms with Crippen molar-refractivity contribution < 1.29 is 4.79 Å². The minimum atomic E-state index is -0.483. The van der Waals surface area contributed by atoms with E-state index in [1.807, 2.05) is 13.0 Å². The van der Waals surface area contributed by atoms with Crippen LogP contribution in [0.2, 0.25) is 0 Å². The molecule has 0 aromatic carbocycles. The quantitative estimate of drug-likeness (QED) is 0.775. The molecule has 0 bridgehead atoms. The Morgan fingerprint density at radius 2 is 2.12 bits per heavy atom. The summed E-state index contributed by atoms with van der Waals surface area (Å²) in [4.78, 5) is 33.5. The zero-order valence-corrected chi connectivity index (χ0v) is 13.7. The molecule has 0 spiro atoms. The molecule has 3 aromatic rings. The summed E-state index contributed by atoms with van der Waals surface area (Å²) in [6.45, 7) is 6.18. The van der Waals surface area contributed by atoms with Crippen LogP contribution in [0.15, 0.2) is 35.5 Å². The Kier molecular flexibility index (Phi) is 4.11. The van der Waals surface area contributed by atoms with Gasteiger partial charge in [-0.15, -0.1) is 0 Å². The molecular weight excluding hydrogens is 308 g/mol. The van der Waals surface area contributed by atoms with Gasteiger partial charge in [0.2, 0.25) is 0 Å². The van der Waals surface area contributed by atoms with Gasteiger partial charge in [-0.1, -0.05) is 6.07 Å². The number of aromatic nitrogens is 5. The molecule has 3 rings (SSSR count). The van der Waals surface area contributed by atoms with Crippen LogP contribution in [0.5, 0.6) is 0 Å². The number of nitrogens with one attached hydrogen (secondary N) is 1. The number of hydrogen-bond acceptors (Lipinski definition) is 5. The fraction of sp³-hybridized carbons (Fsp3) is 0.312. The highest BCUT2D eigenvalue weighted by Crippen LogP contribution is 2.09. The van der Waals surface area contributed by atoms with Crippen LogP contribution in [-0.4, -0.2) is 30.1 Å². The van der Waals surface area contributed by atoms with Crippen LogP contribution in [-0.2, 0) is 6.54 Å². The lowest BCUT2D eigenvalue weighted by Gasteiger charge is -2.14. The summed E-state index contributed by atoms with van der Waals surface area (Å²) in [5.41, 5.74) is 0.838. The molecule has 8 heteroatoms. The maximum atomic E-state index is 12.6. The highest BCUT2D eigenvalue weighted by molar-refractivity contribution is 5.93. The van der Waals surface area contributed by atoms with Gasteiger partial charge in [0, 0.05) is 18.4 Å². The van der Waals surface area contributed by atoms with E-state index in [-0.39, 0.29) is 17.2 Å².